The summed E-state index contributed by atoms with van der Waals surface area (Å²) in [5.74, 6) is -0.739. The van der Waals surface area contributed by atoms with E-state index in [1.54, 1.807) is 18.2 Å². The molecule has 1 aromatic carbocycles. The number of benzene rings is 1. The number of halogens is 1. The first-order valence-corrected chi connectivity index (χ1v) is 13.1. The standard InChI is InChI=1S/C26H32BClN6O3/c1-3-22-18(14-30-24(36)12-23(35)29-13-16-5-6-21(28)20(27)11-16)25(32-17-7-9-37-10-8-17)19-15-31-34(4-2)26(19)33-22/h5-6,11,15,17H,3-4,7-10,12-14H2,1-2H3,(H,29,35)(H,30,36)(H,32,33). The molecule has 4 rings (SSSR count). The van der Waals surface area contributed by atoms with Gasteiger partial charge in [0.15, 0.2) is 5.65 Å². The molecule has 0 unspecified atom stereocenters. The number of anilines is 1. The zero-order chi connectivity index (χ0) is 26.4. The second-order valence-corrected chi connectivity index (χ2v) is 9.49. The zero-order valence-electron chi connectivity index (χ0n) is 21.3. The van der Waals surface area contributed by atoms with Crippen molar-refractivity contribution in [3.63, 3.8) is 0 Å². The molecular formula is C26H32BClN6O3. The van der Waals surface area contributed by atoms with Crippen molar-refractivity contribution in [3.8, 4) is 0 Å². The number of nitrogens with one attached hydrogen (secondary N) is 3. The minimum Gasteiger partial charge on any atom is -0.381 e. The highest BCUT2D eigenvalue weighted by atomic mass is 35.5. The summed E-state index contributed by atoms with van der Waals surface area (Å²) in [4.78, 5) is 29.9. The predicted octanol–water partition coefficient (Wildman–Crippen LogP) is 2.37. The van der Waals surface area contributed by atoms with Crippen LogP contribution in [0.3, 0.4) is 0 Å². The summed E-state index contributed by atoms with van der Waals surface area (Å²) >= 11 is 5.94. The minimum atomic E-state index is -0.375. The monoisotopic (exact) mass is 522 g/mol. The fraction of sp³-hybridized carbons (Fsp3) is 0.462. The van der Waals surface area contributed by atoms with E-state index in [4.69, 9.17) is 29.2 Å². The molecule has 0 atom stereocenters. The topological polar surface area (TPSA) is 110 Å². The summed E-state index contributed by atoms with van der Waals surface area (Å²) in [6.07, 6.45) is 4.05. The van der Waals surface area contributed by atoms with Crippen molar-refractivity contribution in [2.75, 3.05) is 18.5 Å². The van der Waals surface area contributed by atoms with Gasteiger partial charge in [-0.05, 0) is 37.8 Å². The lowest BCUT2D eigenvalue weighted by Crippen LogP contribution is -2.32. The number of carbonyl (C=O) groups is 2. The fourth-order valence-corrected chi connectivity index (χ4v) is 4.58. The van der Waals surface area contributed by atoms with E-state index in [9.17, 15) is 9.59 Å². The molecule has 194 valence electrons. The second kappa shape index (κ2) is 12.4. The summed E-state index contributed by atoms with van der Waals surface area (Å²) < 4.78 is 7.40. The van der Waals surface area contributed by atoms with E-state index in [-0.39, 0.29) is 37.4 Å². The molecule has 2 aromatic heterocycles. The molecule has 11 heteroatoms. The molecule has 2 radical (unpaired) electrons. The van der Waals surface area contributed by atoms with Gasteiger partial charge in [0.25, 0.3) is 0 Å². The lowest BCUT2D eigenvalue weighted by atomic mass is 9.94. The Morgan fingerprint density at radius 1 is 1.16 bits per heavy atom. The Morgan fingerprint density at radius 2 is 1.89 bits per heavy atom. The zero-order valence-corrected chi connectivity index (χ0v) is 22.0. The van der Waals surface area contributed by atoms with Crippen LogP contribution in [0.25, 0.3) is 11.0 Å². The molecule has 9 nitrogen and oxygen atoms in total. The number of aromatic nitrogens is 3. The molecule has 0 saturated carbocycles. The molecule has 2 amide bonds. The highest BCUT2D eigenvalue weighted by molar-refractivity contribution is 6.45. The van der Waals surface area contributed by atoms with Gasteiger partial charge in [-0.1, -0.05) is 36.1 Å². The highest BCUT2D eigenvalue weighted by Crippen LogP contribution is 2.31. The number of hydrogen-bond donors (Lipinski definition) is 3. The summed E-state index contributed by atoms with van der Waals surface area (Å²) in [6.45, 7) is 6.73. The molecule has 1 fully saturated rings. The van der Waals surface area contributed by atoms with E-state index < -0.39 is 0 Å². The van der Waals surface area contributed by atoms with Gasteiger partial charge in [-0.25, -0.2) is 9.67 Å². The van der Waals surface area contributed by atoms with Crippen molar-refractivity contribution in [2.24, 2.45) is 0 Å². The van der Waals surface area contributed by atoms with Crippen LogP contribution in [0, 0.1) is 0 Å². The van der Waals surface area contributed by atoms with Crippen molar-refractivity contribution in [1.29, 1.82) is 0 Å². The minimum absolute atomic E-state index is 0.259. The summed E-state index contributed by atoms with van der Waals surface area (Å²) in [7, 11) is 5.81. The van der Waals surface area contributed by atoms with Gasteiger partial charge in [-0.15, -0.1) is 0 Å². The first-order chi connectivity index (χ1) is 17.9. The molecule has 3 aromatic rings. The molecule has 3 N–H and O–H groups in total. The van der Waals surface area contributed by atoms with Crippen LogP contribution in [-0.2, 0) is 40.4 Å². The van der Waals surface area contributed by atoms with Crippen molar-refractivity contribution < 1.29 is 14.3 Å². The number of amides is 2. The molecule has 37 heavy (non-hydrogen) atoms. The van der Waals surface area contributed by atoms with Crippen molar-refractivity contribution in [2.45, 2.75) is 65.2 Å². The highest BCUT2D eigenvalue weighted by Gasteiger charge is 2.22. The maximum Gasteiger partial charge on any atom is 0.229 e. The maximum atomic E-state index is 12.7. The maximum absolute atomic E-state index is 12.7. The van der Waals surface area contributed by atoms with Crippen LogP contribution >= 0.6 is 11.6 Å². The quantitative estimate of drug-likeness (QED) is 0.279. The van der Waals surface area contributed by atoms with E-state index in [1.807, 2.05) is 24.7 Å². The number of rotatable bonds is 10. The van der Waals surface area contributed by atoms with E-state index in [2.05, 4.69) is 21.0 Å². The Balaban J connectivity index is 1.45. The smallest absolute Gasteiger partial charge is 0.229 e. The average Bonchev–Trinajstić information content (AvgIpc) is 3.32. The van der Waals surface area contributed by atoms with E-state index in [0.29, 0.717) is 36.7 Å². The van der Waals surface area contributed by atoms with Crippen LogP contribution < -0.4 is 21.4 Å². The lowest BCUT2D eigenvalue weighted by Gasteiger charge is -2.26. The number of ether oxygens (including phenoxy) is 1. The first-order valence-electron chi connectivity index (χ1n) is 12.7. The van der Waals surface area contributed by atoms with Crippen LogP contribution in [0.1, 0.15) is 49.9 Å². The molecule has 0 aliphatic carbocycles. The van der Waals surface area contributed by atoms with Crippen LogP contribution in [0.2, 0.25) is 5.02 Å². The predicted molar refractivity (Wildman–Crippen MR) is 145 cm³/mol. The molecule has 0 bridgehead atoms. The Kier molecular flexibility index (Phi) is 9.05. The number of pyridine rings is 1. The first kappa shape index (κ1) is 26.9. The molecular weight excluding hydrogens is 491 g/mol. The number of carbonyl (C=O) groups excluding carboxylic acids is 2. The average molecular weight is 523 g/mol. The van der Waals surface area contributed by atoms with Gasteiger partial charge in [0.1, 0.15) is 14.3 Å². The van der Waals surface area contributed by atoms with Gasteiger partial charge in [-0.3, -0.25) is 9.59 Å². The summed E-state index contributed by atoms with van der Waals surface area (Å²) in [6, 6.07) is 5.42. The van der Waals surface area contributed by atoms with Crippen LogP contribution in [0.5, 0.6) is 0 Å². The fourth-order valence-electron chi connectivity index (χ4n) is 4.46. The van der Waals surface area contributed by atoms with Crippen LogP contribution in [0.4, 0.5) is 5.69 Å². The van der Waals surface area contributed by atoms with E-state index in [0.717, 1.165) is 46.4 Å². The Morgan fingerprint density at radius 3 is 2.57 bits per heavy atom. The van der Waals surface area contributed by atoms with E-state index in [1.165, 1.54) is 0 Å². The Hall–Kier alpha value is -3.11. The van der Waals surface area contributed by atoms with Crippen molar-refractivity contribution in [3.05, 3.63) is 46.2 Å². The van der Waals surface area contributed by atoms with Crippen molar-refractivity contribution in [1.82, 2.24) is 25.4 Å². The Bertz CT molecular complexity index is 1270. The molecule has 1 saturated heterocycles. The van der Waals surface area contributed by atoms with Gasteiger partial charge >= 0.3 is 0 Å². The van der Waals surface area contributed by atoms with E-state index >= 15 is 0 Å². The normalized spacial score (nSPS) is 14.0. The largest absolute Gasteiger partial charge is 0.381 e. The number of aryl methyl sites for hydroxylation is 2. The molecule has 3 heterocycles. The van der Waals surface area contributed by atoms with Crippen LogP contribution in [0.15, 0.2) is 24.4 Å². The lowest BCUT2D eigenvalue weighted by molar-refractivity contribution is -0.129. The third-order valence-corrected chi connectivity index (χ3v) is 6.85. The summed E-state index contributed by atoms with van der Waals surface area (Å²) in [5, 5.41) is 15.2. The molecule has 0 spiro atoms. The van der Waals surface area contributed by atoms with Gasteiger partial charge in [0.05, 0.1) is 17.3 Å². The van der Waals surface area contributed by atoms with Crippen molar-refractivity contribution >= 4 is 53.4 Å². The van der Waals surface area contributed by atoms with Gasteiger partial charge < -0.3 is 20.7 Å². The number of hydrogen-bond acceptors (Lipinski definition) is 6. The van der Waals surface area contributed by atoms with Gasteiger partial charge in [0, 0.05) is 55.2 Å². The summed E-state index contributed by atoms with van der Waals surface area (Å²) in [5.41, 5.74) is 4.83. The SMILES string of the molecule is [B]c1cc(CNC(=O)CC(=O)NCc2c(CC)nc3c(cnn3CC)c2NC2CCOCC2)ccc1Cl. The van der Waals surface area contributed by atoms with Crippen LogP contribution in [-0.4, -0.2) is 53.7 Å². The molecule has 1 aliphatic heterocycles. The second-order valence-electron chi connectivity index (χ2n) is 9.08. The third-order valence-electron chi connectivity index (χ3n) is 6.51. The van der Waals surface area contributed by atoms with Gasteiger partial charge in [0.2, 0.25) is 11.8 Å². The Labute approximate surface area is 223 Å². The number of fused-ring (bicyclic) bond motifs is 1. The van der Waals surface area contributed by atoms with Gasteiger partial charge in [-0.2, -0.15) is 5.10 Å². The molecule has 1 aliphatic rings. The third kappa shape index (κ3) is 6.61. The number of nitrogens with zero attached hydrogens (tertiary/aromatic N) is 3.